The van der Waals surface area contributed by atoms with Gasteiger partial charge in [-0.05, 0) is 6.07 Å². The van der Waals surface area contributed by atoms with Crippen LogP contribution in [0.15, 0.2) is 18.2 Å². The molecule has 0 aliphatic heterocycles. The van der Waals surface area contributed by atoms with E-state index in [-0.39, 0.29) is 16.6 Å². The van der Waals surface area contributed by atoms with Crippen LogP contribution in [0.25, 0.3) is 10.9 Å². The van der Waals surface area contributed by atoms with Crippen LogP contribution in [0.1, 0.15) is 10.5 Å². The van der Waals surface area contributed by atoms with E-state index in [0.717, 1.165) is 0 Å². The Morgan fingerprint density at radius 2 is 2.09 bits per heavy atom. The molecule has 2 aromatic rings. The first-order valence-corrected chi connectivity index (χ1v) is 6.92. The number of carbonyl (C=O) groups excluding carboxylic acids is 1. The Morgan fingerprint density at radius 3 is 2.64 bits per heavy atom. The van der Waals surface area contributed by atoms with Gasteiger partial charge in [-0.25, -0.2) is 0 Å². The van der Waals surface area contributed by atoms with Crippen molar-refractivity contribution in [2.45, 2.75) is 6.54 Å². The van der Waals surface area contributed by atoms with E-state index in [9.17, 15) is 14.9 Å². The van der Waals surface area contributed by atoms with Gasteiger partial charge in [0.15, 0.2) is 0 Å². The number of fused-ring (bicyclic) bond motifs is 1. The second-order valence-electron chi connectivity index (χ2n) is 5.00. The highest BCUT2D eigenvalue weighted by Gasteiger charge is 2.21. The lowest BCUT2D eigenvalue weighted by atomic mass is 10.2. The lowest BCUT2D eigenvalue weighted by Gasteiger charge is -2.14. The summed E-state index contributed by atoms with van der Waals surface area (Å²) in [7, 11) is 4.85. The first-order valence-electron chi connectivity index (χ1n) is 6.54. The molecule has 0 atom stereocenters. The smallest absolute Gasteiger partial charge is 0.271 e. The number of hydrogen-bond donors (Lipinski definition) is 0. The SMILES string of the molecule is COCCn1c(C(=O)N(C)C)cc2cc([N+](=O)[O-])cc(Cl)c21. The number of benzene rings is 1. The van der Waals surface area contributed by atoms with Crippen LogP contribution < -0.4 is 0 Å². The van der Waals surface area contributed by atoms with Crippen molar-refractivity contribution < 1.29 is 14.5 Å². The number of halogens is 1. The van der Waals surface area contributed by atoms with Gasteiger partial charge in [-0.3, -0.25) is 14.9 Å². The Hall–Kier alpha value is -2.12. The highest BCUT2D eigenvalue weighted by Crippen LogP contribution is 2.32. The molecule has 1 heterocycles. The van der Waals surface area contributed by atoms with Gasteiger partial charge in [0.25, 0.3) is 11.6 Å². The van der Waals surface area contributed by atoms with Crippen LogP contribution in [-0.4, -0.2) is 48.1 Å². The fraction of sp³-hybridized carbons (Fsp3) is 0.357. The van der Waals surface area contributed by atoms with Crippen LogP contribution in [0, 0.1) is 10.1 Å². The van der Waals surface area contributed by atoms with Crippen molar-refractivity contribution in [2.75, 3.05) is 27.8 Å². The summed E-state index contributed by atoms with van der Waals surface area (Å²) < 4.78 is 6.79. The molecule has 118 valence electrons. The normalized spacial score (nSPS) is 10.9. The van der Waals surface area contributed by atoms with E-state index in [0.29, 0.717) is 29.7 Å². The van der Waals surface area contributed by atoms with Crippen molar-refractivity contribution in [1.29, 1.82) is 0 Å². The number of nitro groups is 1. The van der Waals surface area contributed by atoms with Crippen LogP contribution >= 0.6 is 11.6 Å². The van der Waals surface area contributed by atoms with Gasteiger partial charge < -0.3 is 14.2 Å². The molecule has 0 N–H and O–H groups in total. The van der Waals surface area contributed by atoms with Crippen LogP contribution in [0.5, 0.6) is 0 Å². The summed E-state index contributed by atoms with van der Waals surface area (Å²) in [5, 5.41) is 11.7. The molecule has 1 aromatic carbocycles. The molecule has 8 heteroatoms. The van der Waals surface area contributed by atoms with Crippen molar-refractivity contribution in [2.24, 2.45) is 0 Å². The Kier molecular flexibility index (Phi) is 4.68. The number of non-ortho nitro benzene ring substituents is 1. The molecule has 1 amide bonds. The third kappa shape index (κ3) is 2.90. The van der Waals surface area contributed by atoms with Crippen molar-refractivity contribution in [1.82, 2.24) is 9.47 Å². The molecule has 22 heavy (non-hydrogen) atoms. The summed E-state index contributed by atoms with van der Waals surface area (Å²) in [5.74, 6) is -0.203. The monoisotopic (exact) mass is 325 g/mol. The van der Waals surface area contributed by atoms with Gasteiger partial charge in [0.05, 0.1) is 22.1 Å². The van der Waals surface area contributed by atoms with E-state index in [1.165, 1.54) is 17.0 Å². The van der Waals surface area contributed by atoms with Crippen molar-refractivity contribution in [3.8, 4) is 0 Å². The van der Waals surface area contributed by atoms with Gasteiger partial charge >= 0.3 is 0 Å². The van der Waals surface area contributed by atoms with Crippen LogP contribution in [0.4, 0.5) is 5.69 Å². The zero-order valence-electron chi connectivity index (χ0n) is 12.5. The maximum absolute atomic E-state index is 12.3. The number of carbonyl (C=O) groups is 1. The number of rotatable bonds is 5. The van der Waals surface area contributed by atoms with Gasteiger partial charge in [0.2, 0.25) is 0 Å². The Bertz CT molecular complexity index is 739. The van der Waals surface area contributed by atoms with Gasteiger partial charge in [-0.1, -0.05) is 11.6 Å². The first-order chi connectivity index (χ1) is 10.4. The number of methoxy groups -OCH3 is 1. The van der Waals surface area contributed by atoms with E-state index in [1.807, 2.05) is 0 Å². The molecular formula is C14H16ClN3O4. The van der Waals surface area contributed by atoms with E-state index < -0.39 is 4.92 Å². The fourth-order valence-electron chi connectivity index (χ4n) is 2.27. The van der Waals surface area contributed by atoms with Crippen LogP contribution in [0.3, 0.4) is 0 Å². The minimum Gasteiger partial charge on any atom is -0.383 e. The standard InChI is InChI=1S/C14H16ClN3O4/c1-16(2)14(19)12-7-9-6-10(18(20)21)8-11(15)13(9)17(12)4-5-22-3/h6-8H,4-5H2,1-3H3. The summed E-state index contributed by atoms with van der Waals surface area (Å²) >= 11 is 6.20. The third-order valence-electron chi connectivity index (χ3n) is 3.29. The lowest BCUT2D eigenvalue weighted by Crippen LogP contribution is -2.25. The molecule has 2 rings (SSSR count). The van der Waals surface area contributed by atoms with E-state index in [1.54, 1.807) is 31.8 Å². The van der Waals surface area contributed by atoms with E-state index in [2.05, 4.69) is 0 Å². The van der Waals surface area contributed by atoms with Crippen molar-refractivity contribution >= 4 is 34.1 Å². The maximum Gasteiger partial charge on any atom is 0.271 e. The predicted octanol–water partition coefficient (Wildman–Crippen LogP) is 2.55. The molecule has 0 unspecified atom stereocenters. The Balaban J connectivity index is 2.70. The molecular weight excluding hydrogens is 310 g/mol. The lowest BCUT2D eigenvalue weighted by molar-refractivity contribution is -0.384. The van der Waals surface area contributed by atoms with Gasteiger partial charge in [-0.15, -0.1) is 0 Å². The second kappa shape index (κ2) is 6.33. The van der Waals surface area contributed by atoms with Crippen LogP contribution in [-0.2, 0) is 11.3 Å². The molecule has 7 nitrogen and oxygen atoms in total. The molecule has 0 bridgehead atoms. The molecule has 0 saturated carbocycles. The zero-order valence-corrected chi connectivity index (χ0v) is 13.3. The Morgan fingerprint density at radius 1 is 1.41 bits per heavy atom. The summed E-state index contributed by atoms with van der Waals surface area (Å²) in [5.41, 5.74) is 0.902. The first kappa shape index (κ1) is 16.3. The summed E-state index contributed by atoms with van der Waals surface area (Å²) in [6, 6.07) is 4.32. The highest BCUT2D eigenvalue weighted by molar-refractivity contribution is 6.35. The quantitative estimate of drug-likeness (QED) is 0.625. The molecule has 0 fully saturated rings. The number of hydrogen-bond acceptors (Lipinski definition) is 4. The molecule has 0 saturated heterocycles. The number of nitro benzene ring substituents is 1. The summed E-state index contributed by atoms with van der Waals surface area (Å²) in [6.45, 7) is 0.817. The van der Waals surface area contributed by atoms with Crippen LogP contribution in [0.2, 0.25) is 5.02 Å². The topological polar surface area (TPSA) is 77.6 Å². The molecule has 0 radical (unpaired) electrons. The number of aromatic nitrogens is 1. The average molecular weight is 326 g/mol. The minimum atomic E-state index is -0.509. The highest BCUT2D eigenvalue weighted by atomic mass is 35.5. The number of amides is 1. The summed E-state index contributed by atoms with van der Waals surface area (Å²) in [6.07, 6.45) is 0. The van der Waals surface area contributed by atoms with Crippen molar-refractivity contribution in [3.05, 3.63) is 39.0 Å². The van der Waals surface area contributed by atoms with Gasteiger partial charge in [0.1, 0.15) is 5.69 Å². The molecule has 0 aliphatic carbocycles. The second-order valence-corrected chi connectivity index (χ2v) is 5.40. The fourth-order valence-corrected chi connectivity index (χ4v) is 2.60. The minimum absolute atomic E-state index is 0.106. The summed E-state index contributed by atoms with van der Waals surface area (Å²) in [4.78, 5) is 24.2. The van der Waals surface area contributed by atoms with Crippen molar-refractivity contribution in [3.63, 3.8) is 0 Å². The maximum atomic E-state index is 12.3. The average Bonchev–Trinajstić information content (AvgIpc) is 2.82. The van der Waals surface area contributed by atoms with Gasteiger partial charge in [-0.2, -0.15) is 0 Å². The Labute approximate surface area is 132 Å². The van der Waals surface area contributed by atoms with E-state index >= 15 is 0 Å². The third-order valence-corrected chi connectivity index (χ3v) is 3.57. The van der Waals surface area contributed by atoms with Gasteiger partial charge in [0, 0.05) is 45.3 Å². The predicted molar refractivity (Wildman–Crippen MR) is 83.5 cm³/mol. The number of ether oxygens (including phenoxy) is 1. The largest absolute Gasteiger partial charge is 0.383 e. The molecule has 0 spiro atoms. The molecule has 1 aromatic heterocycles. The van der Waals surface area contributed by atoms with E-state index in [4.69, 9.17) is 16.3 Å². The zero-order chi connectivity index (χ0) is 16.4. The molecule has 0 aliphatic rings. The number of nitrogens with zero attached hydrogens (tertiary/aromatic N) is 3.